The van der Waals surface area contributed by atoms with Gasteiger partial charge in [0.05, 0.1) is 20.2 Å². The van der Waals surface area contributed by atoms with E-state index in [0.717, 1.165) is 0 Å². The Bertz CT molecular complexity index is 372. The first-order valence-electron chi connectivity index (χ1n) is 6.79. The fourth-order valence-electron chi connectivity index (χ4n) is 2.65. The van der Waals surface area contributed by atoms with Gasteiger partial charge in [-0.3, -0.25) is 9.28 Å². The van der Waals surface area contributed by atoms with Crippen molar-refractivity contribution in [1.29, 1.82) is 0 Å². The minimum absolute atomic E-state index is 0.127. The third-order valence-electron chi connectivity index (χ3n) is 4.21. The number of terminal acetylenes is 1. The second-order valence-corrected chi connectivity index (χ2v) is 6.16. The van der Waals surface area contributed by atoms with Crippen molar-refractivity contribution in [2.75, 3.05) is 20.6 Å². The zero-order chi connectivity index (χ0) is 14.8. The molecule has 2 unspecified atom stereocenters. The van der Waals surface area contributed by atoms with Crippen LogP contribution in [-0.2, 0) is 14.3 Å². The molecule has 0 spiro atoms. The molecule has 0 aromatic heterocycles. The Kier molecular flexibility index (Phi) is 5.00. The molecule has 19 heavy (non-hydrogen) atoms. The van der Waals surface area contributed by atoms with Crippen molar-refractivity contribution in [3.05, 3.63) is 0 Å². The molecule has 0 aromatic rings. The van der Waals surface area contributed by atoms with Gasteiger partial charge in [-0.05, 0) is 18.8 Å². The third kappa shape index (κ3) is 3.49. The fourth-order valence-corrected chi connectivity index (χ4v) is 2.65. The average molecular weight is 268 g/mol. The molecule has 0 radical (unpaired) electrons. The second-order valence-electron chi connectivity index (χ2n) is 6.16. The van der Waals surface area contributed by atoms with Crippen molar-refractivity contribution >= 4 is 5.97 Å². The topological polar surface area (TPSA) is 35.5 Å². The van der Waals surface area contributed by atoms with Crippen LogP contribution in [0, 0.1) is 24.2 Å². The molecule has 1 fully saturated rings. The molecular formula is C15H26NO3+. The van der Waals surface area contributed by atoms with Gasteiger partial charge in [0.15, 0.2) is 6.10 Å². The van der Waals surface area contributed by atoms with Gasteiger partial charge >= 0.3 is 5.97 Å². The van der Waals surface area contributed by atoms with Crippen LogP contribution < -0.4 is 0 Å². The lowest BCUT2D eigenvalue weighted by Gasteiger charge is -2.48. The minimum Gasteiger partial charge on any atom is -0.453 e. The molecule has 0 N–H and O–H groups in total. The van der Waals surface area contributed by atoms with Crippen molar-refractivity contribution in [1.82, 2.24) is 0 Å². The van der Waals surface area contributed by atoms with E-state index in [-0.39, 0.29) is 30.3 Å². The van der Waals surface area contributed by atoms with Crippen molar-refractivity contribution in [2.24, 2.45) is 11.8 Å². The van der Waals surface area contributed by atoms with Gasteiger partial charge in [0.1, 0.15) is 6.54 Å². The molecule has 5 atom stereocenters. The maximum Gasteiger partial charge on any atom is 0.303 e. The van der Waals surface area contributed by atoms with Gasteiger partial charge < -0.3 is 9.47 Å². The molecular weight excluding hydrogens is 242 g/mol. The van der Waals surface area contributed by atoms with E-state index in [0.29, 0.717) is 16.9 Å². The maximum atomic E-state index is 11.4. The number of ether oxygens (including phenoxy) is 2. The van der Waals surface area contributed by atoms with Crippen molar-refractivity contribution in [3.63, 3.8) is 0 Å². The molecule has 0 aromatic carbocycles. The van der Waals surface area contributed by atoms with Crippen LogP contribution in [0.5, 0.6) is 0 Å². The number of hydrogen-bond acceptors (Lipinski definition) is 3. The standard InChI is InChI=1S/C15H26NO3/c1-8-9-16(6,7)15-14(19-13(5)17)11(3)10(2)12(4)18-15/h1,10-12,14-15H,9H2,2-7H3/q+1/t10-,11+,12?,14?,15+/m1/s1. The van der Waals surface area contributed by atoms with Gasteiger partial charge in [-0.2, -0.15) is 0 Å². The Morgan fingerprint density at radius 1 is 1.32 bits per heavy atom. The molecule has 4 heteroatoms. The number of likely N-dealkylation sites (N-methyl/N-ethyl adjacent to an activating group) is 1. The molecule has 1 rings (SSSR count). The van der Waals surface area contributed by atoms with E-state index < -0.39 is 0 Å². The number of rotatable bonds is 3. The zero-order valence-corrected chi connectivity index (χ0v) is 12.8. The molecule has 0 amide bonds. The largest absolute Gasteiger partial charge is 0.453 e. The number of carbonyl (C=O) groups is 1. The van der Waals surface area contributed by atoms with E-state index >= 15 is 0 Å². The van der Waals surface area contributed by atoms with Crippen LogP contribution in [0.1, 0.15) is 27.7 Å². The fraction of sp³-hybridized carbons (Fsp3) is 0.800. The van der Waals surface area contributed by atoms with E-state index in [1.165, 1.54) is 6.92 Å². The predicted molar refractivity (Wildman–Crippen MR) is 74.0 cm³/mol. The summed E-state index contributed by atoms with van der Waals surface area (Å²) in [5.74, 6) is 2.98. The van der Waals surface area contributed by atoms with E-state index in [1.54, 1.807) is 0 Å². The number of nitrogens with zero attached hydrogens (tertiary/aromatic N) is 1. The molecule has 4 nitrogen and oxygen atoms in total. The third-order valence-corrected chi connectivity index (χ3v) is 4.21. The van der Waals surface area contributed by atoms with Crippen molar-refractivity contribution < 1.29 is 18.8 Å². The Balaban J connectivity index is 3.03. The van der Waals surface area contributed by atoms with Gasteiger partial charge in [-0.1, -0.05) is 13.8 Å². The highest BCUT2D eigenvalue weighted by molar-refractivity contribution is 5.66. The number of hydrogen-bond donors (Lipinski definition) is 0. The monoisotopic (exact) mass is 268 g/mol. The lowest BCUT2D eigenvalue weighted by Crippen LogP contribution is -2.63. The summed E-state index contributed by atoms with van der Waals surface area (Å²) in [4.78, 5) is 11.4. The second kappa shape index (κ2) is 5.94. The first-order valence-corrected chi connectivity index (χ1v) is 6.79. The summed E-state index contributed by atoms with van der Waals surface area (Å²) in [6.07, 6.45) is 5.08. The van der Waals surface area contributed by atoms with Gasteiger partial charge in [0.25, 0.3) is 0 Å². The summed E-state index contributed by atoms with van der Waals surface area (Å²) in [6, 6.07) is 0. The molecule has 108 valence electrons. The first kappa shape index (κ1) is 16.0. The van der Waals surface area contributed by atoms with Crippen molar-refractivity contribution in [3.8, 4) is 12.3 Å². The summed E-state index contributed by atoms with van der Waals surface area (Å²) in [7, 11) is 4.02. The van der Waals surface area contributed by atoms with Gasteiger partial charge in [-0.15, -0.1) is 6.42 Å². The SMILES string of the molecule is C#CC[N+](C)(C)[C@H]1OC(C)[C@H](C)[C@H](C)C1OC(C)=O. The molecule has 0 aliphatic carbocycles. The van der Waals surface area contributed by atoms with E-state index in [2.05, 4.69) is 26.7 Å². The van der Waals surface area contributed by atoms with Gasteiger partial charge in [0, 0.05) is 12.8 Å². The summed E-state index contributed by atoms with van der Waals surface area (Å²) in [5, 5.41) is 0. The quantitative estimate of drug-likeness (QED) is 0.443. The Hall–Kier alpha value is -1.05. The number of carbonyl (C=O) groups excluding carboxylic acids is 1. The van der Waals surface area contributed by atoms with Crippen LogP contribution in [0.3, 0.4) is 0 Å². The van der Waals surface area contributed by atoms with Crippen LogP contribution >= 0.6 is 0 Å². The molecule has 1 aliphatic heterocycles. The smallest absolute Gasteiger partial charge is 0.303 e. The summed E-state index contributed by atoms with van der Waals surface area (Å²) >= 11 is 0. The Morgan fingerprint density at radius 3 is 2.37 bits per heavy atom. The average Bonchev–Trinajstić information content (AvgIpc) is 2.29. The molecule has 0 saturated carbocycles. The number of quaternary nitrogens is 1. The minimum atomic E-state index is -0.270. The van der Waals surface area contributed by atoms with Crippen LogP contribution in [0.15, 0.2) is 0 Å². The van der Waals surface area contributed by atoms with Crippen molar-refractivity contribution in [2.45, 2.75) is 46.1 Å². The highest BCUT2D eigenvalue weighted by Crippen LogP contribution is 2.35. The first-order chi connectivity index (χ1) is 8.70. The van der Waals surface area contributed by atoms with Crippen LogP contribution in [0.4, 0.5) is 0 Å². The summed E-state index contributed by atoms with van der Waals surface area (Å²) in [6.45, 7) is 8.28. The zero-order valence-electron chi connectivity index (χ0n) is 12.8. The highest BCUT2D eigenvalue weighted by Gasteiger charge is 2.49. The molecule has 1 heterocycles. The Morgan fingerprint density at radius 2 is 1.89 bits per heavy atom. The van der Waals surface area contributed by atoms with Crippen LogP contribution in [-0.4, -0.2) is 49.5 Å². The summed E-state index contributed by atoms with van der Waals surface area (Å²) in [5.41, 5.74) is 0. The van der Waals surface area contributed by atoms with Crippen LogP contribution in [0.25, 0.3) is 0 Å². The Labute approximate surface area is 116 Å². The lowest BCUT2D eigenvalue weighted by atomic mass is 9.83. The predicted octanol–water partition coefficient (Wildman–Crippen LogP) is 1.64. The highest BCUT2D eigenvalue weighted by atomic mass is 16.6. The summed E-state index contributed by atoms with van der Waals surface area (Å²) < 4.78 is 12.1. The molecule has 1 aliphatic rings. The van der Waals surface area contributed by atoms with Gasteiger partial charge in [-0.25, -0.2) is 0 Å². The molecule has 1 saturated heterocycles. The normalized spacial score (nSPS) is 35.5. The van der Waals surface area contributed by atoms with E-state index in [4.69, 9.17) is 15.9 Å². The van der Waals surface area contributed by atoms with E-state index in [1.807, 2.05) is 14.1 Å². The maximum absolute atomic E-state index is 11.4. The van der Waals surface area contributed by atoms with Crippen LogP contribution in [0.2, 0.25) is 0 Å². The van der Waals surface area contributed by atoms with Gasteiger partial charge in [0.2, 0.25) is 6.23 Å². The number of esters is 1. The van der Waals surface area contributed by atoms with E-state index in [9.17, 15) is 4.79 Å². The lowest BCUT2D eigenvalue weighted by molar-refractivity contribution is -0.938. The molecule has 0 bridgehead atoms.